The van der Waals surface area contributed by atoms with Crippen molar-refractivity contribution < 1.29 is 32.8 Å². The molecule has 16 heteroatoms. The molecule has 0 spiro atoms. The van der Waals surface area contributed by atoms with E-state index in [2.05, 4.69) is 21.2 Å². The summed E-state index contributed by atoms with van der Waals surface area (Å²) < 4.78 is 41.3. The summed E-state index contributed by atoms with van der Waals surface area (Å²) in [5.74, 6) is -3.68. The van der Waals surface area contributed by atoms with E-state index in [4.69, 9.17) is 32.0 Å². The van der Waals surface area contributed by atoms with Gasteiger partial charge in [-0.05, 0) is 50.2 Å². The molecular weight excluding hydrogens is 500 g/mol. The highest BCUT2D eigenvalue weighted by molar-refractivity contribution is 8.08. The van der Waals surface area contributed by atoms with E-state index >= 15 is 0 Å². The number of carbonyl (C=O) groups excluding carboxylic acids is 2. The van der Waals surface area contributed by atoms with E-state index in [1.165, 1.54) is 20.0 Å². The summed E-state index contributed by atoms with van der Waals surface area (Å²) in [6, 6.07) is -1.45. The minimum atomic E-state index is -3.06. The lowest BCUT2D eigenvalue weighted by Gasteiger charge is -2.23. The average Bonchev–Trinajstić information content (AvgIpc) is 2.43. The van der Waals surface area contributed by atoms with Gasteiger partial charge in [-0.15, -0.1) is 0 Å². The number of carbonyl (C=O) groups is 2. The maximum absolute atomic E-state index is 12.2. The Balaban J connectivity index is -0.000000254. The molecule has 2 unspecified atom stereocenters. The van der Waals surface area contributed by atoms with Crippen LogP contribution in [0.25, 0.3) is 0 Å². The van der Waals surface area contributed by atoms with Crippen molar-refractivity contribution in [3.63, 3.8) is 0 Å². The summed E-state index contributed by atoms with van der Waals surface area (Å²) in [4.78, 5) is 22.8. The number of hydrogen-bond acceptors (Lipinski definition) is 7. The number of nitrogens with one attached hydrogen (secondary N) is 2. The molecule has 0 aliphatic carbocycles. The molecule has 0 aromatic carbocycles. The Morgan fingerprint density at radius 3 is 1.23 bits per heavy atom. The van der Waals surface area contributed by atoms with E-state index in [1.807, 2.05) is 0 Å². The Labute approximate surface area is 189 Å². The van der Waals surface area contributed by atoms with E-state index in [9.17, 15) is 23.3 Å². The van der Waals surface area contributed by atoms with Crippen molar-refractivity contribution in [2.75, 3.05) is 33.2 Å². The van der Waals surface area contributed by atoms with Crippen molar-refractivity contribution >= 4 is 55.2 Å². The van der Waals surface area contributed by atoms with Crippen LogP contribution in [-0.2, 0) is 32.8 Å². The van der Waals surface area contributed by atoms with Crippen molar-refractivity contribution in [2.45, 2.75) is 47.2 Å². The van der Waals surface area contributed by atoms with Crippen LogP contribution in [0, 0.1) is 0 Å². The van der Waals surface area contributed by atoms with E-state index in [0.717, 1.165) is 0 Å². The Kier molecular flexibility index (Phi) is 21.9. The monoisotopic (exact) mass is 536 g/mol. The number of halogens is 2. The predicted molar refractivity (Wildman–Crippen MR) is 126 cm³/mol. The second-order valence-corrected chi connectivity index (χ2v) is 16.2. The molecule has 0 radical (unpaired) electrons. The third-order valence-corrected chi connectivity index (χ3v) is 3.92. The highest BCUT2D eigenvalue weighted by Gasteiger charge is 2.27. The van der Waals surface area contributed by atoms with Gasteiger partial charge in [-0.25, -0.2) is 10.2 Å². The van der Waals surface area contributed by atoms with Crippen LogP contribution < -0.4 is 21.2 Å². The predicted octanol–water partition coefficient (Wildman–Crippen LogP) is 3.54. The van der Waals surface area contributed by atoms with Gasteiger partial charge in [0.2, 0.25) is 20.7 Å². The Morgan fingerprint density at radius 2 is 1.07 bits per heavy atom. The molecule has 0 amide bonds. The zero-order valence-electron chi connectivity index (χ0n) is 17.7. The van der Waals surface area contributed by atoms with Crippen LogP contribution in [0.4, 0.5) is 0 Å². The topological polar surface area (TPSA) is 180 Å². The molecule has 0 fully saturated rings. The lowest BCUT2D eigenvalue weighted by atomic mass is 10.4. The Morgan fingerprint density at radius 1 is 0.867 bits per heavy atom. The van der Waals surface area contributed by atoms with E-state index < -0.39 is 44.8 Å². The zero-order chi connectivity index (χ0) is 24.1. The van der Waals surface area contributed by atoms with Gasteiger partial charge < -0.3 is 9.47 Å². The summed E-state index contributed by atoms with van der Waals surface area (Å²) in [6.07, 6.45) is 0. The lowest BCUT2D eigenvalue weighted by Crippen LogP contribution is -2.41. The quantitative estimate of drug-likeness (QED) is 0.263. The standard InChI is InChI=1S/C11H23N2O5P.CH3Cl2OP.CH7N2OP.CH4/c1-6-17-10(14)8(3)12-19(5,16)13-9(4)11(15)18-7-2;2*1-5(2,3)4;/h8-9H,6-7H2,1-5H3,(H2,12,13,16);1H3;1H3,(H4,2,3,4);1H4. The van der Waals surface area contributed by atoms with Gasteiger partial charge in [0.1, 0.15) is 12.1 Å². The van der Waals surface area contributed by atoms with Crippen LogP contribution in [0.2, 0.25) is 0 Å². The first kappa shape index (κ1) is 37.4. The van der Waals surface area contributed by atoms with E-state index in [-0.39, 0.29) is 20.6 Å². The van der Waals surface area contributed by atoms with Crippen molar-refractivity contribution in [1.82, 2.24) is 10.2 Å². The first-order chi connectivity index (χ1) is 12.7. The van der Waals surface area contributed by atoms with Gasteiger partial charge >= 0.3 is 11.9 Å². The van der Waals surface area contributed by atoms with Gasteiger partial charge in [-0.3, -0.25) is 34.3 Å². The number of ether oxygens (including phenoxy) is 2. The maximum atomic E-state index is 12.2. The fraction of sp³-hybridized carbons (Fsp3) is 0.857. The summed E-state index contributed by atoms with van der Waals surface area (Å²) in [7, 11) is -5.70. The lowest BCUT2D eigenvalue weighted by molar-refractivity contribution is -0.145. The molecule has 0 aliphatic rings. The molecule has 0 rings (SSSR count). The number of esters is 2. The minimum absolute atomic E-state index is 0. The first-order valence-corrected chi connectivity index (χ1v) is 16.7. The Hall–Kier alpha value is 0.0500. The molecule has 30 heavy (non-hydrogen) atoms. The molecule has 0 aromatic heterocycles. The molecule has 6 N–H and O–H groups in total. The second-order valence-electron chi connectivity index (χ2n) is 5.91. The Bertz CT molecular complexity index is 576. The average molecular weight is 537 g/mol. The summed E-state index contributed by atoms with van der Waals surface area (Å²) in [6.45, 7) is 11.0. The van der Waals surface area contributed by atoms with Crippen molar-refractivity contribution in [3.05, 3.63) is 0 Å². The van der Waals surface area contributed by atoms with Crippen molar-refractivity contribution in [1.29, 1.82) is 0 Å². The highest BCUT2D eigenvalue weighted by Crippen LogP contribution is 2.52. The van der Waals surface area contributed by atoms with Crippen LogP contribution in [-0.4, -0.2) is 57.2 Å². The highest BCUT2D eigenvalue weighted by atomic mass is 35.9. The van der Waals surface area contributed by atoms with Crippen LogP contribution in [0.3, 0.4) is 0 Å². The fourth-order valence-corrected chi connectivity index (χ4v) is 3.18. The number of rotatable bonds is 8. The largest absolute Gasteiger partial charge is 0.465 e. The molecule has 0 bridgehead atoms. The van der Waals surface area contributed by atoms with Crippen LogP contribution in [0.5, 0.6) is 0 Å². The molecule has 0 aromatic rings. The molecule has 184 valence electrons. The van der Waals surface area contributed by atoms with E-state index in [1.54, 1.807) is 27.7 Å². The second kappa shape index (κ2) is 17.6. The number of nitrogens with two attached hydrogens (primary N) is 2. The molecule has 2 atom stereocenters. The third-order valence-electron chi connectivity index (χ3n) is 2.16. The van der Waals surface area contributed by atoms with Crippen molar-refractivity contribution in [3.8, 4) is 0 Å². The van der Waals surface area contributed by atoms with Gasteiger partial charge in [-0.2, -0.15) is 0 Å². The molecule has 0 heterocycles. The van der Waals surface area contributed by atoms with Gasteiger partial charge in [0.05, 0.1) is 13.2 Å². The number of hydrogen-bond donors (Lipinski definition) is 4. The van der Waals surface area contributed by atoms with Gasteiger partial charge in [-0.1, -0.05) is 7.43 Å². The summed E-state index contributed by atoms with van der Waals surface area (Å²) >= 11 is 9.70. The first-order valence-electron chi connectivity index (χ1n) is 8.31. The molecular formula is C14H37Cl2N4O7P3. The third kappa shape index (κ3) is 35.5. The smallest absolute Gasteiger partial charge is 0.323 e. The molecule has 0 saturated heterocycles. The fourth-order valence-electron chi connectivity index (χ4n) is 1.42. The molecule has 0 saturated carbocycles. The summed E-state index contributed by atoms with van der Waals surface area (Å²) in [5.41, 5.74) is 9.38. The van der Waals surface area contributed by atoms with Crippen LogP contribution in [0.1, 0.15) is 35.1 Å². The normalized spacial score (nSPS) is 14.8. The zero-order valence-corrected chi connectivity index (χ0v) is 21.9. The van der Waals surface area contributed by atoms with Gasteiger partial charge in [0, 0.05) is 20.0 Å². The van der Waals surface area contributed by atoms with E-state index in [0.29, 0.717) is 0 Å². The maximum Gasteiger partial charge on any atom is 0.323 e. The molecule has 11 nitrogen and oxygen atoms in total. The minimum Gasteiger partial charge on any atom is -0.465 e. The van der Waals surface area contributed by atoms with Crippen molar-refractivity contribution in [2.24, 2.45) is 11.0 Å². The van der Waals surface area contributed by atoms with Crippen LogP contribution in [0.15, 0.2) is 0 Å². The SMILES string of the molecule is C.CCOC(=O)C(C)NP(C)(=O)NC(C)C(=O)OCC.CP(=O)(Cl)Cl.CP(N)(N)=O. The molecule has 0 aliphatic heterocycles. The van der Waals surface area contributed by atoms with Gasteiger partial charge in [0.15, 0.2) is 0 Å². The van der Waals surface area contributed by atoms with Gasteiger partial charge in [0.25, 0.3) is 0 Å². The van der Waals surface area contributed by atoms with Crippen LogP contribution >= 0.6 is 43.2 Å². The summed E-state index contributed by atoms with van der Waals surface area (Å²) in [5, 5.41) is 5.26.